The van der Waals surface area contributed by atoms with Crippen molar-refractivity contribution in [3.05, 3.63) is 47.6 Å². The smallest absolute Gasteiger partial charge is 0.275 e. The predicted octanol–water partition coefficient (Wildman–Crippen LogP) is 2.21. The topological polar surface area (TPSA) is 108 Å². The molecule has 0 saturated heterocycles. The molecule has 2 aromatic rings. The lowest BCUT2D eigenvalue weighted by Gasteiger charge is -2.20. The number of hydrogen-bond acceptors (Lipinski definition) is 6. The van der Waals surface area contributed by atoms with Gasteiger partial charge in [0.15, 0.2) is 6.29 Å². The summed E-state index contributed by atoms with van der Waals surface area (Å²) in [4.78, 5) is 38.7. The molecule has 1 aromatic heterocycles. The highest BCUT2D eigenvalue weighted by Gasteiger charge is 2.26. The summed E-state index contributed by atoms with van der Waals surface area (Å²) in [5.74, 6) is -0.781. The Morgan fingerprint density at radius 3 is 2.54 bits per heavy atom. The highest BCUT2D eigenvalue weighted by Crippen LogP contribution is 2.26. The lowest BCUT2D eigenvalue weighted by atomic mass is 9.93. The van der Waals surface area contributed by atoms with Gasteiger partial charge in [-0.2, -0.15) is 0 Å². The Labute approximate surface area is 154 Å². The molecule has 1 aromatic carbocycles. The molecule has 1 heterocycles. The second kappa shape index (κ2) is 8.03. The van der Waals surface area contributed by atoms with Crippen LogP contribution in [-0.4, -0.2) is 34.8 Å². The first-order valence-electron chi connectivity index (χ1n) is 7.70. The van der Waals surface area contributed by atoms with Crippen LogP contribution in [0.1, 0.15) is 24.3 Å². The normalized spacial score (nSPS) is 10.9. The summed E-state index contributed by atoms with van der Waals surface area (Å²) in [7, 11) is 0. The van der Waals surface area contributed by atoms with Crippen LogP contribution in [0.3, 0.4) is 0 Å². The summed E-state index contributed by atoms with van der Waals surface area (Å²) >= 11 is 1.28. The van der Waals surface area contributed by atoms with Gasteiger partial charge < -0.3 is 15.7 Å². The number of thiazole rings is 1. The van der Waals surface area contributed by atoms with E-state index >= 15 is 0 Å². The zero-order valence-corrected chi connectivity index (χ0v) is 15.2. The number of aliphatic hydroxyl groups is 1. The molecule has 8 heteroatoms. The van der Waals surface area contributed by atoms with E-state index in [1.807, 2.05) is 0 Å². The Bertz CT molecular complexity index is 840. The van der Waals surface area contributed by atoms with Gasteiger partial charge in [0.2, 0.25) is 5.91 Å². The number of nitrogens with zero attached hydrogens (tertiary/aromatic N) is 1. The number of anilines is 1. The van der Waals surface area contributed by atoms with Crippen LogP contribution in [0.25, 0.3) is 10.6 Å². The van der Waals surface area contributed by atoms with Gasteiger partial charge in [-0.05, 0) is 38.1 Å². The van der Waals surface area contributed by atoms with Crippen molar-refractivity contribution in [2.75, 3.05) is 11.9 Å². The van der Waals surface area contributed by atoms with E-state index in [1.165, 1.54) is 11.3 Å². The molecule has 2 amide bonds. The summed E-state index contributed by atoms with van der Waals surface area (Å²) in [6, 6.07) is 6.98. The molecular formula is C18H19N3O4S. The van der Waals surface area contributed by atoms with Crippen LogP contribution < -0.4 is 10.6 Å². The number of benzene rings is 1. The molecule has 3 N–H and O–H groups in total. The van der Waals surface area contributed by atoms with Gasteiger partial charge in [0.1, 0.15) is 10.7 Å². The van der Waals surface area contributed by atoms with Crippen LogP contribution in [0.4, 0.5) is 5.69 Å². The fraction of sp³-hybridized carbons (Fsp3) is 0.222. The van der Waals surface area contributed by atoms with E-state index in [4.69, 9.17) is 0 Å². The molecule has 0 aliphatic rings. The lowest BCUT2D eigenvalue weighted by Crippen LogP contribution is -2.33. The largest absolute Gasteiger partial charge is 0.395 e. The first-order chi connectivity index (χ1) is 12.3. The highest BCUT2D eigenvalue weighted by molar-refractivity contribution is 7.13. The number of aromatic nitrogens is 1. The molecule has 26 heavy (non-hydrogen) atoms. The standard InChI is InChI=1S/C18H19N3O4S/c1-11(8-22)19-15(24)14-9-26-16(21-14)12-4-6-13(7-5-12)20-17(25)18(2,3)10-23/h4-9,23H,1,10H2,2-3H3,(H,19,24)(H,20,25). The maximum atomic E-state index is 12.1. The van der Waals surface area contributed by atoms with Crippen LogP contribution in [0.2, 0.25) is 0 Å². The molecule has 0 aliphatic carbocycles. The minimum Gasteiger partial charge on any atom is -0.395 e. The number of aldehydes is 1. The van der Waals surface area contributed by atoms with E-state index in [9.17, 15) is 19.5 Å². The molecule has 0 radical (unpaired) electrons. The summed E-state index contributed by atoms with van der Waals surface area (Å²) in [6.07, 6.45) is 0.455. The number of allylic oxidation sites excluding steroid dienone is 1. The van der Waals surface area contributed by atoms with Gasteiger partial charge >= 0.3 is 0 Å². The maximum Gasteiger partial charge on any atom is 0.275 e. The van der Waals surface area contributed by atoms with Crippen molar-refractivity contribution >= 4 is 35.1 Å². The van der Waals surface area contributed by atoms with E-state index in [-0.39, 0.29) is 23.9 Å². The second-order valence-corrected chi connectivity index (χ2v) is 7.07. The van der Waals surface area contributed by atoms with E-state index in [0.29, 0.717) is 17.0 Å². The number of aliphatic hydroxyl groups excluding tert-OH is 1. The average Bonchev–Trinajstić information content (AvgIpc) is 3.12. The zero-order chi connectivity index (χ0) is 19.3. The molecule has 0 spiro atoms. The highest BCUT2D eigenvalue weighted by atomic mass is 32.1. The molecule has 0 unspecified atom stereocenters. The quantitative estimate of drug-likeness (QED) is 0.509. The Morgan fingerprint density at radius 1 is 1.31 bits per heavy atom. The fourth-order valence-electron chi connectivity index (χ4n) is 1.82. The Balaban J connectivity index is 2.09. The zero-order valence-electron chi connectivity index (χ0n) is 14.4. The first-order valence-corrected chi connectivity index (χ1v) is 8.58. The summed E-state index contributed by atoms with van der Waals surface area (Å²) < 4.78 is 0. The monoisotopic (exact) mass is 373 g/mol. The Morgan fingerprint density at radius 2 is 1.96 bits per heavy atom. The number of nitrogens with one attached hydrogen (secondary N) is 2. The maximum absolute atomic E-state index is 12.1. The van der Waals surface area contributed by atoms with Crippen molar-refractivity contribution in [2.24, 2.45) is 5.41 Å². The van der Waals surface area contributed by atoms with Crippen LogP contribution in [0.5, 0.6) is 0 Å². The van der Waals surface area contributed by atoms with Gasteiger partial charge in [-0.25, -0.2) is 4.98 Å². The van der Waals surface area contributed by atoms with Crippen molar-refractivity contribution in [3.63, 3.8) is 0 Å². The summed E-state index contributed by atoms with van der Waals surface area (Å²) in [5.41, 5.74) is 0.659. The molecule has 0 bridgehead atoms. The van der Waals surface area contributed by atoms with Crippen molar-refractivity contribution in [1.29, 1.82) is 0 Å². The van der Waals surface area contributed by atoms with Crippen LogP contribution in [0, 0.1) is 5.41 Å². The fourth-order valence-corrected chi connectivity index (χ4v) is 2.62. The lowest BCUT2D eigenvalue weighted by molar-refractivity contribution is -0.125. The van der Waals surface area contributed by atoms with Gasteiger partial charge in [0.05, 0.1) is 17.7 Å². The molecular weight excluding hydrogens is 354 g/mol. The van der Waals surface area contributed by atoms with Crippen molar-refractivity contribution in [1.82, 2.24) is 10.3 Å². The number of amides is 2. The van der Waals surface area contributed by atoms with Gasteiger partial charge in [-0.3, -0.25) is 14.4 Å². The Kier molecular flexibility index (Phi) is 6.01. The number of carbonyl (C=O) groups excluding carboxylic acids is 3. The average molecular weight is 373 g/mol. The molecule has 2 rings (SSSR count). The predicted molar refractivity (Wildman–Crippen MR) is 99.7 cm³/mol. The third-order valence-electron chi connectivity index (χ3n) is 3.55. The van der Waals surface area contributed by atoms with Gasteiger partial charge in [0.25, 0.3) is 5.91 Å². The molecule has 0 atom stereocenters. The van der Waals surface area contributed by atoms with Gasteiger partial charge in [-0.1, -0.05) is 6.58 Å². The van der Waals surface area contributed by atoms with E-state index < -0.39 is 11.3 Å². The SMILES string of the molecule is C=C(C=O)NC(=O)c1csc(-c2ccc(NC(=O)C(C)(C)CO)cc2)n1. The van der Waals surface area contributed by atoms with Crippen LogP contribution in [0.15, 0.2) is 41.9 Å². The third-order valence-corrected chi connectivity index (χ3v) is 4.44. The number of carbonyl (C=O) groups is 3. The summed E-state index contributed by atoms with van der Waals surface area (Å²) in [5, 5.41) is 16.5. The van der Waals surface area contributed by atoms with E-state index in [2.05, 4.69) is 22.2 Å². The van der Waals surface area contributed by atoms with Crippen LogP contribution in [-0.2, 0) is 9.59 Å². The molecule has 0 fully saturated rings. The molecule has 0 aliphatic heterocycles. The van der Waals surface area contributed by atoms with E-state index in [0.717, 1.165) is 5.56 Å². The third kappa shape index (κ3) is 4.62. The van der Waals surface area contributed by atoms with Crippen molar-refractivity contribution in [2.45, 2.75) is 13.8 Å². The number of rotatable bonds is 7. The van der Waals surface area contributed by atoms with Crippen molar-refractivity contribution in [3.8, 4) is 10.6 Å². The van der Waals surface area contributed by atoms with Gasteiger partial charge in [-0.15, -0.1) is 11.3 Å². The summed E-state index contributed by atoms with van der Waals surface area (Å²) in [6.45, 7) is 6.43. The first kappa shape index (κ1) is 19.5. The van der Waals surface area contributed by atoms with Crippen molar-refractivity contribution < 1.29 is 19.5 Å². The van der Waals surface area contributed by atoms with Gasteiger partial charge in [0, 0.05) is 16.6 Å². The Hall–Kier alpha value is -2.84. The molecule has 0 saturated carbocycles. The minimum absolute atomic E-state index is 0.0320. The second-order valence-electron chi connectivity index (χ2n) is 6.21. The van der Waals surface area contributed by atoms with E-state index in [1.54, 1.807) is 43.5 Å². The minimum atomic E-state index is -0.873. The molecule has 7 nitrogen and oxygen atoms in total. The number of hydrogen-bond donors (Lipinski definition) is 3. The molecule has 136 valence electrons. The van der Waals surface area contributed by atoms with Crippen LogP contribution >= 0.6 is 11.3 Å².